The third-order valence-electron chi connectivity index (χ3n) is 1.37. The van der Waals surface area contributed by atoms with Crippen molar-refractivity contribution >= 4 is 33.6 Å². The third kappa shape index (κ3) is 2.14. The lowest BCUT2D eigenvalue weighted by Gasteiger charge is -1.90. The molecule has 11 heavy (non-hydrogen) atoms. The maximum atomic E-state index is 10.4. The maximum absolute atomic E-state index is 10.4. The molecule has 1 heterocycles. The van der Waals surface area contributed by atoms with Crippen LogP contribution in [0.25, 0.3) is 0 Å². The summed E-state index contributed by atoms with van der Waals surface area (Å²) in [7, 11) is 0. The Morgan fingerprint density at radius 1 is 1.73 bits per heavy atom. The van der Waals surface area contributed by atoms with Gasteiger partial charge in [-0.1, -0.05) is 13.3 Å². The molecule has 0 spiro atoms. The van der Waals surface area contributed by atoms with Crippen molar-refractivity contribution in [3.63, 3.8) is 0 Å². The number of carbonyl (C=O) groups is 1. The van der Waals surface area contributed by atoms with Crippen molar-refractivity contribution < 1.29 is 4.79 Å². The Hall–Kier alpha value is -0.150. The summed E-state index contributed by atoms with van der Waals surface area (Å²) in [6.07, 6.45) is 3.07. The highest BCUT2D eigenvalue weighted by molar-refractivity contribution is 9.10. The minimum absolute atomic E-state index is 0.806. The summed E-state index contributed by atoms with van der Waals surface area (Å²) in [5, 5.41) is 0. The average Bonchev–Trinajstić information content (AvgIpc) is 2.33. The zero-order valence-corrected chi connectivity index (χ0v) is 8.67. The molecule has 0 aromatic carbocycles. The van der Waals surface area contributed by atoms with Gasteiger partial charge in [-0.3, -0.25) is 4.79 Å². The van der Waals surface area contributed by atoms with E-state index in [4.69, 9.17) is 0 Å². The van der Waals surface area contributed by atoms with Gasteiger partial charge in [-0.05, 0) is 28.4 Å². The quantitative estimate of drug-likeness (QED) is 0.732. The molecule has 0 aliphatic carbocycles. The Morgan fingerprint density at radius 3 is 2.91 bits per heavy atom. The predicted molar refractivity (Wildman–Crippen MR) is 51.4 cm³/mol. The summed E-state index contributed by atoms with van der Waals surface area (Å²) >= 11 is 4.98. The van der Waals surface area contributed by atoms with E-state index in [9.17, 15) is 4.79 Å². The van der Waals surface area contributed by atoms with Crippen molar-refractivity contribution in [2.45, 2.75) is 19.8 Å². The van der Waals surface area contributed by atoms with Gasteiger partial charge in [0, 0.05) is 9.35 Å². The molecule has 1 nitrogen and oxygen atoms in total. The zero-order valence-electron chi connectivity index (χ0n) is 6.26. The summed E-state index contributed by atoms with van der Waals surface area (Å²) in [6.45, 7) is 2.13. The van der Waals surface area contributed by atoms with E-state index in [0.29, 0.717) is 0 Å². The third-order valence-corrected chi connectivity index (χ3v) is 3.46. The topological polar surface area (TPSA) is 17.1 Å². The van der Waals surface area contributed by atoms with Gasteiger partial charge in [0.2, 0.25) is 0 Å². The van der Waals surface area contributed by atoms with Crippen LogP contribution in [0.5, 0.6) is 0 Å². The fraction of sp³-hybridized carbons (Fsp3) is 0.375. The lowest BCUT2D eigenvalue weighted by molar-refractivity contribution is 0.112. The number of aldehydes is 1. The van der Waals surface area contributed by atoms with E-state index in [1.807, 2.05) is 6.07 Å². The molecule has 0 radical (unpaired) electrons. The average molecular weight is 233 g/mol. The molecule has 0 atom stereocenters. The fourth-order valence-electron chi connectivity index (χ4n) is 0.881. The van der Waals surface area contributed by atoms with Crippen molar-refractivity contribution in [2.24, 2.45) is 0 Å². The molecule has 0 amide bonds. The predicted octanol–water partition coefficient (Wildman–Crippen LogP) is 3.28. The van der Waals surface area contributed by atoms with Gasteiger partial charge in [-0.15, -0.1) is 11.3 Å². The van der Waals surface area contributed by atoms with Crippen LogP contribution in [0, 0.1) is 0 Å². The summed E-state index contributed by atoms with van der Waals surface area (Å²) in [5.74, 6) is 0. The van der Waals surface area contributed by atoms with Crippen LogP contribution in [-0.2, 0) is 6.42 Å². The van der Waals surface area contributed by atoms with E-state index in [1.54, 1.807) is 11.3 Å². The molecule has 1 aromatic heterocycles. The molecule has 0 bridgehead atoms. The minimum Gasteiger partial charge on any atom is -0.297 e. The molecular weight excluding hydrogens is 224 g/mol. The van der Waals surface area contributed by atoms with Crippen molar-refractivity contribution in [3.8, 4) is 0 Å². The number of aryl methyl sites for hydroxylation is 1. The Morgan fingerprint density at radius 2 is 2.45 bits per heavy atom. The molecule has 0 unspecified atom stereocenters. The van der Waals surface area contributed by atoms with E-state index in [1.165, 1.54) is 4.88 Å². The van der Waals surface area contributed by atoms with E-state index >= 15 is 0 Å². The highest BCUT2D eigenvalue weighted by Gasteiger charge is 2.04. The molecule has 60 valence electrons. The second kappa shape index (κ2) is 4.02. The molecule has 0 aliphatic rings. The minimum atomic E-state index is 0.806. The van der Waals surface area contributed by atoms with Crippen molar-refractivity contribution in [1.82, 2.24) is 0 Å². The zero-order chi connectivity index (χ0) is 8.27. The van der Waals surface area contributed by atoms with Gasteiger partial charge >= 0.3 is 0 Å². The Bertz CT molecular complexity index is 255. The number of hydrogen-bond donors (Lipinski definition) is 0. The van der Waals surface area contributed by atoms with E-state index < -0.39 is 0 Å². The molecule has 3 heteroatoms. The number of rotatable bonds is 3. The van der Waals surface area contributed by atoms with E-state index in [2.05, 4.69) is 22.9 Å². The largest absolute Gasteiger partial charge is 0.297 e. The summed E-state index contributed by atoms with van der Waals surface area (Å²) in [6, 6.07) is 1.88. The standard InChI is InChI=1S/C8H9BrOS/c1-2-3-8-7(9)4-6(5-10)11-8/h4-5H,2-3H2,1H3. The summed E-state index contributed by atoms with van der Waals surface area (Å²) in [4.78, 5) is 12.4. The van der Waals surface area contributed by atoms with E-state index in [0.717, 1.165) is 28.5 Å². The van der Waals surface area contributed by atoms with Crippen LogP contribution >= 0.6 is 27.3 Å². The maximum Gasteiger partial charge on any atom is 0.160 e. The lowest BCUT2D eigenvalue weighted by atomic mass is 10.3. The van der Waals surface area contributed by atoms with Crippen LogP contribution in [0.15, 0.2) is 10.5 Å². The number of halogens is 1. The second-order valence-electron chi connectivity index (χ2n) is 2.29. The van der Waals surface area contributed by atoms with Crippen molar-refractivity contribution in [2.75, 3.05) is 0 Å². The monoisotopic (exact) mass is 232 g/mol. The first kappa shape index (κ1) is 8.94. The summed E-state index contributed by atoms with van der Waals surface area (Å²) < 4.78 is 1.08. The second-order valence-corrected chi connectivity index (χ2v) is 4.31. The van der Waals surface area contributed by atoms with Crippen LogP contribution in [0.3, 0.4) is 0 Å². The highest BCUT2D eigenvalue weighted by atomic mass is 79.9. The lowest BCUT2D eigenvalue weighted by Crippen LogP contribution is -1.74. The van der Waals surface area contributed by atoms with Gasteiger partial charge in [-0.2, -0.15) is 0 Å². The normalized spacial score (nSPS) is 10.0. The van der Waals surface area contributed by atoms with E-state index in [-0.39, 0.29) is 0 Å². The molecule has 1 aromatic rings. The Labute approximate surface area is 78.6 Å². The number of carbonyl (C=O) groups excluding carboxylic acids is 1. The Balaban J connectivity index is 2.87. The van der Waals surface area contributed by atoms with Gasteiger partial charge in [0.25, 0.3) is 0 Å². The van der Waals surface area contributed by atoms with Crippen LogP contribution in [0.4, 0.5) is 0 Å². The first-order valence-electron chi connectivity index (χ1n) is 3.51. The first-order valence-corrected chi connectivity index (χ1v) is 5.12. The summed E-state index contributed by atoms with van der Waals surface area (Å²) in [5.41, 5.74) is 0. The van der Waals surface area contributed by atoms with Crippen molar-refractivity contribution in [3.05, 3.63) is 20.3 Å². The SMILES string of the molecule is CCCc1sc(C=O)cc1Br. The van der Waals surface area contributed by atoms with Crippen LogP contribution in [0.1, 0.15) is 27.9 Å². The van der Waals surface area contributed by atoms with Crippen LogP contribution < -0.4 is 0 Å². The Kier molecular flexibility index (Phi) is 3.27. The molecule has 0 saturated heterocycles. The molecule has 0 N–H and O–H groups in total. The molecule has 1 rings (SSSR count). The van der Waals surface area contributed by atoms with Gasteiger partial charge in [0.15, 0.2) is 6.29 Å². The smallest absolute Gasteiger partial charge is 0.160 e. The molecule has 0 fully saturated rings. The number of hydrogen-bond acceptors (Lipinski definition) is 2. The number of thiophene rings is 1. The first-order chi connectivity index (χ1) is 5.27. The molecule has 0 saturated carbocycles. The molecule has 0 aliphatic heterocycles. The van der Waals surface area contributed by atoms with Gasteiger partial charge in [-0.25, -0.2) is 0 Å². The highest BCUT2D eigenvalue weighted by Crippen LogP contribution is 2.27. The fourth-order valence-corrected chi connectivity index (χ4v) is 2.69. The van der Waals surface area contributed by atoms with Gasteiger partial charge in [0.1, 0.15) is 0 Å². The van der Waals surface area contributed by atoms with Gasteiger partial charge < -0.3 is 0 Å². The molecular formula is C8H9BrOS. The van der Waals surface area contributed by atoms with Crippen molar-refractivity contribution in [1.29, 1.82) is 0 Å². The van der Waals surface area contributed by atoms with Crippen LogP contribution in [-0.4, -0.2) is 6.29 Å². The van der Waals surface area contributed by atoms with Gasteiger partial charge in [0.05, 0.1) is 4.88 Å². The van der Waals surface area contributed by atoms with Crippen LogP contribution in [0.2, 0.25) is 0 Å².